The van der Waals surface area contributed by atoms with Gasteiger partial charge in [-0.15, -0.1) is 0 Å². The van der Waals surface area contributed by atoms with Crippen LogP contribution in [0.25, 0.3) is 0 Å². The summed E-state index contributed by atoms with van der Waals surface area (Å²) in [6.45, 7) is 3.77. The van der Waals surface area contributed by atoms with E-state index in [1.165, 1.54) is 0 Å². The number of hydrogen-bond donors (Lipinski definition) is 2. The number of nitrogens with one attached hydrogen (secondary N) is 1. The highest BCUT2D eigenvalue weighted by Gasteiger charge is 2.38. The van der Waals surface area contributed by atoms with E-state index in [-0.39, 0.29) is 11.9 Å². The second kappa shape index (κ2) is 3.92. The Morgan fingerprint density at radius 3 is 2.77 bits per heavy atom. The maximum atomic E-state index is 11.1. The van der Waals surface area contributed by atoms with Crippen molar-refractivity contribution in [2.45, 2.75) is 44.8 Å². The van der Waals surface area contributed by atoms with Crippen molar-refractivity contribution in [2.75, 3.05) is 0 Å². The van der Waals surface area contributed by atoms with E-state index in [4.69, 9.17) is 0 Å². The molecule has 3 heteroatoms. The second-order valence-corrected chi connectivity index (χ2v) is 3.92. The molecule has 0 heterocycles. The Hall–Kier alpha value is -0.830. The normalized spacial score (nSPS) is 33.0. The van der Waals surface area contributed by atoms with Gasteiger partial charge in [-0.05, 0) is 32.3 Å². The lowest BCUT2D eigenvalue weighted by molar-refractivity contribution is -0.120. The Labute approximate surface area is 78.8 Å². The summed E-state index contributed by atoms with van der Waals surface area (Å²) in [5, 5.41) is 12.2. The van der Waals surface area contributed by atoms with Crippen molar-refractivity contribution >= 4 is 5.91 Å². The van der Waals surface area contributed by atoms with Gasteiger partial charge in [-0.25, -0.2) is 0 Å². The van der Waals surface area contributed by atoms with E-state index in [1.54, 1.807) is 13.0 Å². The van der Waals surface area contributed by atoms with Crippen LogP contribution < -0.4 is 5.32 Å². The van der Waals surface area contributed by atoms with E-state index in [2.05, 4.69) is 5.32 Å². The third-order valence-corrected chi connectivity index (χ3v) is 2.22. The second-order valence-electron chi connectivity index (χ2n) is 3.92. The molecule has 13 heavy (non-hydrogen) atoms. The summed E-state index contributed by atoms with van der Waals surface area (Å²) in [5.41, 5.74) is -0.563. The molecule has 1 saturated carbocycles. The fraction of sp³-hybridized carbons (Fsp3) is 0.700. The van der Waals surface area contributed by atoms with E-state index in [0.717, 1.165) is 6.42 Å². The molecule has 1 amide bonds. The van der Waals surface area contributed by atoms with E-state index >= 15 is 0 Å². The summed E-state index contributed by atoms with van der Waals surface area (Å²) >= 11 is 0. The van der Waals surface area contributed by atoms with Gasteiger partial charge in [-0.2, -0.15) is 0 Å². The number of carbonyl (C=O) groups is 1. The zero-order chi connectivity index (χ0) is 9.90. The molecule has 0 aliphatic heterocycles. The van der Waals surface area contributed by atoms with E-state index in [0.29, 0.717) is 12.8 Å². The predicted octanol–water partition coefficient (Wildman–Crippen LogP) is 0.982. The van der Waals surface area contributed by atoms with Gasteiger partial charge in [0.05, 0.1) is 5.60 Å². The van der Waals surface area contributed by atoms with Crippen LogP contribution in [0.5, 0.6) is 0 Å². The van der Waals surface area contributed by atoms with Gasteiger partial charge in [0.1, 0.15) is 0 Å². The smallest absolute Gasteiger partial charge is 0.243 e. The van der Waals surface area contributed by atoms with Gasteiger partial charge >= 0.3 is 0 Å². The molecular formula is C10H17NO2. The quantitative estimate of drug-likeness (QED) is 0.641. The molecule has 2 N–H and O–H groups in total. The van der Waals surface area contributed by atoms with Crippen molar-refractivity contribution in [2.24, 2.45) is 0 Å². The van der Waals surface area contributed by atoms with Crippen molar-refractivity contribution in [3.8, 4) is 0 Å². The lowest BCUT2D eigenvalue weighted by Gasteiger charge is -2.40. The molecule has 0 aromatic heterocycles. The molecule has 0 aromatic rings. The molecular weight excluding hydrogens is 166 g/mol. The average molecular weight is 183 g/mol. The van der Waals surface area contributed by atoms with Gasteiger partial charge in [0.2, 0.25) is 5.91 Å². The topological polar surface area (TPSA) is 49.3 Å². The van der Waals surface area contributed by atoms with Crippen LogP contribution in [0.15, 0.2) is 12.2 Å². The molecule has 1 rings (SSSR count). The van der Waals surface area contributed by atoms with Crippen LogP contribution in [0, 0.1) is 0 Å². The predicted molar refractivity (Wildman–Crippen MR) is 51.2 cm³/mol. The monoisotopic (exact) mass is 183 g/mol. The zero-order valence-corrected chi connectivity index (χ0v) is 8.21. The minimum Gasteiger partial charge on any atom is -0.390 e. The fourth-order valence-corrected chi connectivity index (χ4v) is 1.58. The maximum Gasteiger partial charge on any atom is 0.243 e. The van der Waals surface area contributed by atoms with E-state index in [1.807, 2.05) is 13.0 Å². The van der Waals surface area contributed by atoms with Crippen LogP contribution in [-0.2, 0) is 4.79 Å². The molecule has 1 aliphatic carbocycles. The van der Waals surface area contributed by atoms with Crippen LogP contribution >= 0.6 is 0 Å². The molecule has 0 saturated heterocycles. The summed E-state index contributed by atoms with van der Waals surface area (Å²) in [4.78, 5) is 11.1. The summed E-state index contributed by atoms with van der Waals surface area (Å²) in [5.74, 6) is -0.0534. The van der Waals surface area contributed by atoms with Gasteiger partial charge in [0.15, 0.2) is 0 Å². The third-order valence-electron chi connectivity index (χ3n) is 2.22. The Balaban J connectivity index is 2.20. The largest absolute Gasteiger partial charge is 0.390 e. The molecule has 0 radical (unpaired) electrons. The molecule has 3 nitrogen and oxygen atoms in total. The molecule has 0 bridgehead atoms. The van der Waals surface area contributed by atoms with Crippen molar-refractivity contribution in [1.82, 2.24) is 5.32 Å². The molecule has 0 aromatic carbocycles. The minimum atomic E-state index is -0.563. The highest BCUT2D eigenvalue weighted by atomic mass is 16.3. The number of hydrogen-bond acceptors (Lipinski definition) is 2. The van der Waals surface area contributed by atoms with Crippen LogP contribution in [0.1, 0.15) is 33.1 Å². The Morgan fingerprint density at radius 2 is 2.31 bits per heavy atom. The van der Waals surface area contributed by atoms with Crippen LogP contribution in [0.4, 0.5) is 0 Å². The summed E-state index contributed by atoms with van der Waals surface area (Å²) < 4.78 is 0. The number of carbonyl (C=O) groups excluding carboxylic acids is 1. The molecule has 74 valence electrons. The van der Waals surface area contributed by atoms with E-state index in [9.17, 15) is 9.90 Å². The Morgan fingerprint density at radius 1 is 1.69 bits per heavy atom. The summed E-state index contributed by atoms with van der Waals surface area (Å²) in [6.07, 6.45) is 5.58. The number of aliphatic hydroxyl groups is 1. The van der Waals surface area contributed by atoms with Crippen LogP contribution in [-0.4, -0.2) is 22.7 Å². The number of amides is 1. The first-order valence-electron chi connectivity index (χ1n) is 4.73. The van der Waals surface area contributed by atoms with Gasteiger partial charge in [-0.1, -0.05) is 13.0 Å². The highest BCUT2D eigenvalue weighted by molar-refractivity contribution is 5.87. The van der Waals surface area contributed by atoms with Crippen molar-refractivity contribution < 1.29 is 9.90 Å². The molecule has 0 atom stereocenters. The first-order chi connectivity index (χ1) is 6.03. The Kier molecular flexibility index (Phi) is 3.09. The molecule has 0 unspecified atom stereocenters. The van der Waals surface area contributed by atoms with Crippen LogP contribution in [0.3, 0.4) is 0 Å². The molecule has 1 fully saturated rings. The third kappa shape index (κ3) is 3.19. The van der Waals surface area contributed by atoms with Gasteiger partial charge in [-0.3, -0.25) is 4.79 Å². The first kappa shape index (κ1) is 10.3. The van der Waals surface area contributed by atoms with Gasteiger partial charge in [0, 0.05) is 6.04 Å². The number of rotatable bonds is 3. The lowest BCUT2D eigenvalue weighted by atomic mass is 9.77. The van der Waals surface area contributed by atoms with E-state index < -0.39 is 5.60 Å². The van der Waals surface area contributed by atoms with Crippen molar-refractivity contribution in [3.63, 3.8) is 0 Å². The first-order valence-corrected chi connectivity index (χ1v) is 4.73. The SMILES string of the molecule is CC/C=C\C(=O)NC1CC(C)(O)C1. The maximum absolute atomic E-state index is 11.1. The fourth-order valence-electron chi connectivity index (χ4n) is 1.58. The van der Waals surface area contributed by atoms with Crippen molar-refractivity contribution in [3.05, 3.63) is 12.2 Å². The zero-order valence-electron chi connectivity index (χ0n) is 8.21. The summed E-state index contributed by atoms with van der Waals surface area (Å²) in [7, 11) is 0. The minimum absolute atomic E-state index is 0.0534. The average Bonchev–Trinajstić information content (AvgIpc) is 1.97. The molecule has 1 aliphatic rings. The molecule has 0 spiro atoms. The number of allylic oxidation sites excluding steroid dienone is 1. The Bertz CT molecular complexity index is 213. The lowest BCUT2D eigenvalue weighted by Crippen LogP contribution is -2.53. The summed E-state index contributed by atoms with van der Waals surface area (Å²) in [6, 6.07) is 0.156. The van der Waals surface area contributed by atoms with Crippen LogP contribution in [0.2, 0.25) is 0 Å². The van der Waals surface area contributed by atoms with Crippen molar-refractivity contribution in [1.29, 1.82) is 0 Å². The highest BCUT2D eigenvalue weighted by Crippen LogP contribution is 2.31. The van der Waals surface area contributed by atoms with Gasteiger partial charge in [0.25, 0.3) is 0 Å². The van der Waals surface area contributed by atoms with Gasteiger partial charge < -0.3 is 10.4 Å². The standard InChI is InChI=1S/C10H17NO2/c1-3-4-5-9(12)11-8-6-10(2,13)7-8/h4-5,8,13H,3,6-7H2,1-2H3,(H,11,12)/b5-4-.